The number of aliphatic carboxylic acids is 1. The standard InChI is InChI=1S/C10H16FNO4/c1-9(2,3)16-8(15)12-5-4-10(11,6-12)7(13)14/h4-6H2,1-3H3,(H,13,14). The van der Waals surface area contributed by atoms with Crippen molar-refractivity contribution in [3.8, 4) is 0 Å². The summed E-state index contributed by atoms with van der Waals surface area (Å²) in [6.07, 6.45) is -0.866. The zero-order valence-corrected chi connectivity index (χ0v) is 9.62. The van der Waals surface area contributed by atoms with Crippen molar-refractivity contribution in [2.45, 2.75) is 38.5 Å². The first-order valence-corrected chi connectivity index (χ1v) is 5.04. The molecule has 92 valence electrons. The minimum atomic E-state index is -2.34. The molecule has 16 heavy (non-hydrogen) atoms. The molecule has 0 spiro atoms. The third-order valence-electron chi connectivity index (χ3n) is 2.25. The number of hydrogen-bond acceptors (Lipinski definition) is 3. The van der Waals surface area contributed by atoms with Crippen molar-refractivity contribution in [1.29, 1.82) is 0 Å². The highest BCUT2D eigenvalue weighted by molar-refractivity contribution is 5.80. The van der Waals surface area contributed by atoms with E-state index in [4.69, 9.17) is 9.84 Å². The minimum absolute atomic E-state index is 0.0672. The number of ether oxygens (including phenoxy) is 1. The number of carbonyl (C=O) groups is 2. The number of nitrogens with zero attached hydrogens (tertiary/aromatic N) is 1. The number of likely N-dealkylation sites (tertiary alicyclic amines) is 1. The number of rotatable bonds is 1. The van der Waals surface area contributed by atoms with E-state index in [0.29, 0.717) is 0 Å². The van der Waals surface area contributed by atoms with Gasteiger partial charge in [0.2, 0.25) is 5.67 Å². The number of carboxylic acids is 1. The van der Waals surface area contributed by atoms with Gasteiger partial charge in [-0.25, -0.2) is 14.0 Å². The van der Waals surface area contributed by atoms with Crippen molar-refractivity contribution >= 4 is 12.1 Å². The van der Waals surface area contributed by atoms with Crippen LogP contribution in [-0.4, -0.2) is 46.4 Å². The SMILES string of the molecule is CC(C)(C)OC(=O)N1CCC(F)(C(=O)O)C1. The molecule has 6 heteroatoms. The van der Waals surface area contributed by atoms with Crippen molar-refractivity contribution in [3.63, 3.8) is 0 Å². The molecule has 1 heterocycles. The molecule has 1 amide bonds. The fourth-order valence-corrected chi connectivity index (χ4v) is 1.43. The Kier molecular flexibility index (Phi) is 3.12. The van der Waals surface area contributed by atoms with Gasteiger partial charge in [0, 0.05) is 13.0 Å². The van der Waals surface area contributed by atoms with Gasteiger partial charge >= 0.3 is 12.1 Å². The number of carboxylic acid groups (broad SMARTS) is 1. The van der Waals surface area contributed by atoms with Crippen LogP contribution < -0.4 is 0 Å². The van der Waals surface area contributed by atoms with Crippen LogP contribution in [-0.2, 0) is 9.53 Å². The Morgan fingerprint density at radius 3 is 2.38 bits per heavy atom. The lowest BCUT2D eigenvalue weighted by atomic mass is 10.1. The number of halogens is 1. The van der Waals surface area contributed by atoms with Crippen molar-refractivity contribution in [3.05, 3.63) is 0 Å². The molecule has 1 atom stereocenters. The summed E-state index contributed by atoms with van der Waals surface area (Å²) in [5.41, 5.74) is -3.00. The maximum absolute atomic E-state index is 13.6. The van der Waals surface area contributed by atoms with Gasteiger partial charge in [-0.05, 0) is 20.8 Å². The van der Waals surface area contributed by atoms with Crippen molar-refractivity contribution in [2.75, 3.05) is 13.1 Å². The van der Waals surface area contributed by atoms with Crippen LogP contribution in [0.25, 0.3) is 0 Å². The largest absolute Gasteiger partial charge is 0.479 e. The second-order valence-corrected chi connectivity index (χ2v) is 4.92. The highest BCUT2D eigenvalue weighted by Crippen LogP contribution is 2.27. The third-order valence-corrected chi connectivity index (χ3v) is 2.25. The monoisotopic (exact) mass is 233 g/mol. The van der Waals surface area contributed by atoms with Gasteiger partial charge in [-0.2, -0.15) is 0 Å². The molecule has 0 aromatic rings. The van der Waals surface area contributed by atoms with Crippen LogP contribution in [0.3, 0.4) is 0 Å². The second-order valence-electron chi connectivity index (χ2n) is 4.92. The number of amides is 1. The maximum Gasteiger partial charge on any atom is 0.410 e. The lowest BCUT2D eigenvalue weighted by Gasteiger charge is -2.24. The minimum Gasteiger partial charge on any atom is -0.479 e. The van der Waals surface area contributed by atoms with Crippen LogP contribution in [0.5, 0.6) is 0 Å². The Hall–Kier alpha value is -1.33. The summed E-state index contributed by atoms with van der Waals surface area (Å²) in [6.45, 7) is 4.71. The molecule has 1 N–H and O–H groups in total. The molecule has 0 bridgehead atoms. The maximum atomic E-state index is 13.6. The van der Waals surface area contributed by atoms with Gasteiger partial charge in [0.1, 0.15) is 5.60 Å². The summed E-state index contributed by atoms with van der Waals surface area (Å²) in [7, 11) is 0. The average molecular weight is 233 g/mol. The smallest absolute Gasteiger partial charge is 0.410 e. The van der Waals surface area contributed by atoms with Gasteiger partial charge in [-0.3, -0.25) is 0 Å². The lowest BCUT2D eigenvalue weighted by Crippen LogP contribution is -2.40. The van der Waals surface area contributed by atoms with Gasteiger partial charge in [-0.15, -0.1) is 0 Å². The molecule has 0 aromatic heterocycles. The molecule has 1 aliphatic rings. The third kappa shape index (κ3) is 2.84. The molecule has 1 aliphatic heterocycles. The van der Waals surface area contributed by atoms with Gasteiger partial charge in [0.05, 0.1) is 6.54 Å². The quantitative estimate of drug-likeness (QED) is 0.743. The van der Waals surface area contributed by atoms with Gasteiger partial charge in [-0.1, -0.05) is 0 Å². The van der Waals surface area contributed by atoms with Crippen molar-refractivity contribution in [2.24, 2.45) is 0 Å². The average Bonchev–Trinajstić information content (AvgIpc) is 2.46. The predicted octanol–water partition coefficient (Wildman–Crippen LogP) is 1.42. The topological polar surface area (TPSA) is 66.8 Å². The molecule has 0 radical (unpaired) electrons. The normalized spacial score (nSPS) is 25.6. The summed E-state index contributed by atoms with van der Waals surface area (Å²) in [5, 5.41) is 8.65. The second kappa shape index (κ2) is 3.92. The molecule has 5 nitrogen and oxygen atoms in total. The van der Waals surface area contributed by atoms with E-state index in [0.717, 1.165) is 4.90 Å². The van der Waals surface area contributed by atoms with Crippen molar-refractivity contribution in [1.82, 2.24) is 4.90 Å². The summed E-state index contributed by atoms with van der Waals surface area (Å²) in [4.78, 5) is 23.2. The molecule has 1 fully saturated rings. The first-order chi connectivity index (χ1) is 7.14. The van der Waals surface area contributed by atoms with Crippen LogP contribution in [0.2, 0.25) is 0 Å². The van der Waals surface area contributed by atoms with Crippen LogP contribution in [0.15, 0.2) is 0 Å². The molecule has 0 aliphatic carbocycles. The van der Waals surface area contributed by atoms with E-state index in [1.54, 1.807) is 20.8 Å². The molecule has 0 saturated carbocycles. The molecular weight excluding hydrogens is 217 g/mol. The van der Waals surface area contributed by atoms with Gasteiger partial charge in [0.15, 0.2) is 0 Å². The fraction of sp³-hybridized carbons (Fsp3) is 0.800. The summed E-state index contributed by atoms with van der Waals surface area (Å²) < 4.78 is 18.7. The number of hydrogen-bond donors (Lipinski definition) is 1. The van der Waals surface area contributed by atoms with E-state index < -0.39 is 29.9 Å². The highest BCUT2D eigenvalue weighted by atomic mass is 19.1. The van der Waals surface area contributed by atoms with Crippen molar-refractivity contribution < 1.29 is 23.8 Å². The van der Waals surface area contributed by atoms with Crippen LogP contribution in [0.1, 0.15) is 27.2 Å². The molecule has 1 unspecified atom stereocenters. The Morgan fingerprint density at radius 2 is 2.00 bits per heavy atom. The Balaban J connectivity index is 2.60. The van der Waals surface area contributed by atoms with E-state index in [2.05, 4.69) is 0 Å². The first kappa shape index (κ1) is 12.7. The number of alkyl halides is 1. The molecule has 1 rings (SSSR count). The van der Waals surface area contributed by atoms with Gasteiger partial charge < -0.3 is 14.7 Å². The first-order valence-electron chi connectivity index (χ1n) is 5.04. The molecule has 0 aromatic carbocycles. The summed E-state index contributed by atoms with van der Waals surface area (Å²) in [6, 6.07) is 0. The Bertz CT molecular complexity index is 312. The summed E-state index contributed by atoms with van der Waals surface area (Å²) >= 11 is 0. The number of carbonyl (C=O) groups excluding carboxylic acids is 1. The highest BCUT2D eigenvalue weighted by Gasteiger charge is 2.47. The van der Waals surface area contributed by atoms with Crippen LogP contribution in [0.4, 0.5) is 9.18 Å². The van der Waals surface area contributed by atoms with E-state index in [1.165, 1.54) is 0 Å². The van der Waals surface area contributed by atoms with E-state index in [-0.39, 0.29) is 13.0 Å². The van der Waals surface area contributed by atoms with Gasteiger partial charge in [0.25, 0.3) is 0 Å². The molecule has 1 saturated heterocycles. The van der Waals surface area contributed by atoms with E-state index in [9.17, 15) is 14.0 Å². The Labute approximate surface area is 93.2 Å². The molecular formula is C10H16FNO4. The fourth-order valence-electron chi connectivity index (χ4n) is 1.43. The predicted molar refractivity (Wildman–Crippen MR) is 53.9 cm³/mol. The zero-order chi connectivity index (χ0) is 12.6. The van der Waals surface area contributed by atoms with E-state index in [1.807, 2.05) is 0 Å². The van der Waals surface area contributed by atoms with Crippen LogP contribution in [0, 0.1) is 0 Å². The van der Waals surface area contributed by atoms with Crippen LogP contribution >= 0.6 is 0 Å². The van der Waals surface area contributed by atoms with E-state index >= 15 is 0 Å². The lowest BCUT2D eigenvalue weighted by molar-refractivity contribution is -0.149. The summed E-state index contributed by atoms with van der Waals surface area (Å²) in [5.74, 6) is -1.53. The Morgan fingerprint density at radius 1 is 1.44 bits per heavy atom. The zero-order valence-electron chi connectivity index (χ0n) is 9.62.